The topological polar surface area (TPSA) is 18.5 Å². The van der Waals surface area contributed by atoms with E-state index in [-0.39, 0.29) is 6.29 Å². The molecular weight excluding hydrogens is 200 g/mol. The lowest BCUT2D eigenvalue weighted by Gasteiger charge is -2.09. The first kappa shape index (κ1) is 13.7. The van der Waals surface area contributed by atoms with Gasteiger partial charge in [-0.25, -0.2) is 0 Å². The van der Waals surface area contributed by atoms with E-state index < -0.39 is 0 Å². The van der Waals surface area contributed by atoms with Crippen molar-refractivity contribution in [1.29, 1.82) is 0 Å². The summed E-state index contributed by atoms with van der Waals surface area (Å²) in [6, 6.07) is 0. The lowest BCUT2D eigenvalue weighted by Crippen LogP contribution is -2.08. The van der Waals surface area contributed by atoms with E-state index in [1.165, 1.54) is 44.9 Å². The van der Waals surface area contributed by atoms with Crippen LogP contribution in [0.4, 0.5) is 0 Å². The van der Waals surface area contributed by atoms with Crippen LogP contribution in [-0.4, -0.2) is 19.0 Å². The van der Waals surface area contributed by atoms with E-state index in [2.05, 4.69) is 13.5 Å². The molecular formula is C14H26O2. The summed E-state index contributed by atoms with van der Waals surface area (Å²) in [5, 5.41) is 0. The molecule has 2 heteroatoms. The molecule has 0 amide bonds. The quantitative estimate of drug-likeness (QED) is 0.436. The zero-order valence-electron chi connectivity index (χ0n) is 10.6. The molecule has 1 aliphatic rings. The fraction of sp³-hybridized carbons (Fsp3) is 0.857. The second-order valence-electron chi connectivity index (χ2n) is 4.70. The number of ether oxygens (including phenoxy) is 2. The number of allylic oxidation sites excluding steroid dienone is 1. The third kappa shape index (κ3) is 6.29. The Hall–Kier alpha value is -0.340. The van der Waals surface area contributed by atoms with Crippen LogP contribution in [0.2, 0.25) is 0 Å². The Morgan fingerprint density at radius 2 is 1.81 bits per heavy atom. The Morgan fingerprint density at radius 1 is 1.12 bits per heavy atom. The van der Waals surface area contributed by atoms with Gasteiger partial charge in [-0.3, -0.25) is 0 Å². The first-order valence-electron chi connectivity index (χ1n) is 6.71. The fourth-order valence-corrected chi connectivity index (χ4v) is 2.04. The zero-order valence-corrected chi connectivity index (χ0v) is 10.6. The van der Waals surface area contributed by atoms with Crippen molar-refractivity contribution in [3.05, 3.63) is 12.7 Å². The summed E-state index contributed by atoms with van der Waals surface area (Å²) < 4.78 is 11.1. The van der Waals surface area contributed by atoms with Crippen molar-refractivity contribution >= 4 is 0 Å². The van der Waals surface area contributed by atoms with Crippen molar-refractivity contribution in [2.24, 2.45) is 0 Å². The number of unbranched alkanes of at least 4 members (excludes halogenated alkanes) is 6. The summed E-state index contributed by atoms with van der Waals surface area (Å²) in [4.78, 5) is 0. The van der Waals surface area contributed by atoms with Crippen LogP contribution >= 0.6 is 0 Å². The third-order valence-corrected chi connectivity index (χ3v) is 3.00. The van der Waals surface area contributed by atoms with Gasteiger partial charge in [-0.05, 0) is 32.6 Å². The molecule has 0 aliphatic carbocycles. The van der Waals surface area contributed by atoms with Gasteiger partial charge < -0.3 is 9.47 Å². The second-order valence-corrected chi connectivity index (χ2v) is 4.70. The zero-order chi connectivity index (χ0) is 11.6. The molecule has 0 aromatic carbocycles. The highest BCUT2D eigenvalue weighted by Crippen LogP contribution is 2.17. The van der Waals surface area contributed by atoms with Gasteiger partial charge in [-0.2, -0.15) is 0 Å². The average molecular weight is 226 g/mol. The molecule has 2 nitrogen and oxygen atoms in total. The maximum Gasteiger partial charge on any atom is 0.158 e. The minimum Gasteiger partial charge on any atom is -0.350 e. The standard InChI is InChI=1S/C14H26O2/c1-3-4-5-6-7-8-9-10-11-14-15-12-13(2)16-14/h3,13-14H,1,4-12H2,2H3/t13-,14+/m1/s1. The van der Waals surface area contributed by atoms with Crippen molar-refractivity contribution in [1.82, 2.24) is 0 Å². The van der Waals surface area contributed by atoms with Gasteiger partial charge in [0.1, 0.15) is 0 Å². The van der Waals surface area contributed by atoms with E-state index in [4.69, 9.17) is 9.47 Å². The highest BCUT2D eigenvalue weighted by Gasteiger charge is 2.21. The van der Waals surface area contributed by atoms with Crippen LogP contribution in [0.5, 0.6) is 0 Å². The molecule has 16 heavy (non-hydrogen) atoms. The summed E-state index contributed by atoms with van der Waals surface area (Å²) in [5.74, 6) is 0. The van der Waals surface area contributed by atoms with Crippen LogP contribution in [0.25, 0.3) is 0 Å². The van der Waals surface area contributed by atoms with E-state index in [0.29, 0.717) is 6.10 Å². The van der Waals surface area contributed by atoms with Crippen LogP contribution < -0.4 is 0 Å². The van der Waals surface area contributed by atoms with Crippen molar-refractivity contribution in [3.63, 3.8) is 0 Å². The molecule has 0 aromatic rings. The molecule has 1 saturated heterocycles. The minimum absolute atomic E-state index is 0.0794. The number of hydrogen-bond acceptors (Lipinski definition) is 2. The molecule has 2 atom stereocenters. The van der Waals surface area contributed by atoms with Crippen molar-refractivity contribution < 1.29 is 9.47 Å². The van der Waals surface area contributed by atoms with E-state index in [9.17, 15) is 0 Å². The Labute approximate surface area is 100 Å². The van der Waals surface area contributed by atoms with Gasteiger partial charge in [0.2, 0.25) is 0 Å². The van der Waals surface area contributed by atoms with Gasteiger partial charge in [0, 0.05) is 0 Å². The van der Waals surface area contributed by atoms with Gasteiger partial charge in [-0.1, -0.05) is 31.8 Å². The molecule has 0 saturated carbocycles. The normalized spacial score (nSPS) is 24.8. The molecule has 0 bridgehead atoms. The molecule has 0 spiro atoms. The summed E-state index contributed by atoms with van der Waals surface area (Å²) in [5.41, 5.74) is 0. The first-order valence-corrected chi connectivity index (χ1v) is 6.71. The van der Waals surface area contributed by atoms with Gasteiger partial charge in [-0.15, -0.1) is 6.58 Å². The van der Waals surface area contributed by atoms with E-state index in [1.807, 2.05) is 6.08 Å². The third-order valence-electron chi connectivity index (χ3n) is 3.00. The van der Waals surface area contributed by atoms with Crippen LogP contribution in [0.1, 0.15) is 58.3 Å². The van der Waals surface area contributed by atoms with Crippen LogP contribution in [0.15, 0.2) is 12.7 Å². The Morgan fingerprint density at radius 3 is 2.44 bits per heavy atom. The molecule has 1 heterocycles. The molecule has 0 unspecified atom stereocenters. The largest absolute Gasteiger partial charge is 0.350 e. The molecule has 1 rings (SSSR count). The number of rotatable bonds is 9. The number of hydrogen-bond donors (Lipinski definition) is 0. The highest BCUT2D eigenvalue weighted by atomic mass is 16.7. The van der Waals surface area contributed by atoms with Crippen LogP contribution in [0, 0.1) is 0 Å². The molecule has 1 fully saturated rings. The second kappa shape index (κ2) is 8.77. The summed E-state index contributed by atoms with van der Waals surface area (Å²) in [6.07, 6.45) is 12.5. The molecule has 94 valence electrons. The summed E-state index contributed by atoms with van der Waals surface area (Å²) in [7, 11) is 0. The Kier molecular flexibility index (Phi) is 7.52. The molecule has 0 radical (unpaired) electrons. The lowest BCUT2D eigenvalue weighted by molar-refractivity contribution is -0.0604. The average Bonchev–Trinajstić information content (AvgIpc) is 2.68. The maximum absolute atomic E-state index is 5.59. The van der Waals surface area contributed by atoms with E-state index >= 15 is 0 Å². The predicted molar refractivity (Wildman–Crippen MR) is 67.4 cm³/mol. The lowest BCUT2D eigenvalue weighted by atomic mass is 10.1. The summed E-state index contributed by atoms with van der Waals surface area (Å²) >= 11 is 0. The van der Waals surface area contributed by atoms with Gasteiger partial charge in [0.15, 0.2) is 6.29 Å². The predicted octanol–water partition coefficient (Wildman–Crippen LogP) is 4.05. The monoisotopic (exact) mass is 226 g/mol. The Balaban J connectivity index is 1.79. The highest BCUT2D eigenvalue weighted by molar-refractivity contribution is 4.65. The first-order chi connectivity index (χ1) is 7.83. The maximum atomic E-state index is 5.59. The Bertz CT molecular complexity index is 180. The minimum atomic E-state index is 0.0794. The van der Waals surface area contributed by atoms with Crippen LogP contribution in [0.3, 0.4) is 0 Å². The van der Waals surface area contributed by atoms with Gasteiger partial charge >= 0.3 is 0 Å². The van der Waals surface area contributed by atoms with Gasteiger partial charge in [0.05, 0.1) is 12.7 Å². The summed E-state index contributed by atoms with van der Waals surface area (Å²) in [6.45, 7) is 6.57. The molecule has 1 aliphatic heterocycles. The van der Waals surface area contributed by atoms with Crippen LogP contribution in [-0.2, 0) is 9.47 Å². The van der Waals surface area contributed by atoms with E-state index in [0.717, 1.165) is 13.0 Å². The van der Waals surface area contributed by atoms with Crippen molar-refractivity contribution in [3.8, 4) is 0 Å². The van der Waals surface area contributed by atoms with E-state index in [1.54, 1.807) is 0 Å². The molecule has 0 N–H and O–H groups in total. The molecule has 0 aromatic heterocycles. The fourth-order valence-electron chi connectivity index (χ4n) is 2.04. The van der Waals surface area contributed by atoms with Crippen molar-refractivity contribution in [2.75, 3.05) is 6.61 Å². The SMILES string of the molecule is C=CCCCCCCCC[C@H]1OC[C@@H](C)O1. The van der Waals surface area contributed by atoms with Crippen molar-refractivity contribution in [2.45, 2.75) is 70.7 Å². The van der Waals surface area contributed by atoms with Gasteiger partial charge in [0.25, 0.3) is 0 Å². The smallest absolute Gasteiger partial charge is 0.158 e.